The average Bonchev–Trinajstić information content (AvgIpc) is 3.05. The van der Waals surface area contributed by atoms with Crippen molar-refractivity contribution >= 4 is 46.8 Å². The van der Waals surface area contributed by atoms with Crippen LogP contribution in [0.1, 0.15) is 41.6 Å². The fourth-order valence-electron chi connectivity index (χ4n) is 3.14. The second kappa shape index (κ2) is 10.9. The third-order valence-corrected chi connectivity index (χ3v) is 6.12. The van der Waals surface area contributed by atoms with Gasteiger partial charge in [0.05, 0.1) is 12.2 Å². The highest BCUT2D eigenvalue weighted by molar-refractivity contribution is 7.99. The maximum Gasteiger partial charge on any atom is 0.404 e. The minimum atomic E-state index is -0.851. The number of rotatable bonds is 9. The van der Waals surface area contributed by atoms with Gasteiger partial charge in [0.1, 0.15) is 17.5 Å². The van der Waals surface area contributed by atoms with Crippen molar-refractivity contribution in [3.63, 3.8) is 0 Å². The van der Waals surface area contributed by atoms with E-state index in [0.717, 1.165) is 15.6 Å². The van der Waals surface area contributed by atoms with Crippen LogP contribution in [0.15, 0.2) is 58.5 Å². The maximum atomic E-state index is 13.0. The van der Waals surface area contributed by atoms with E-state index < -0.39 is 6.09 Å². The maximum absolute atomic E-state index is 13.0. The molecule has 1 amide bonds. The molecule has 2 N–H and O–H groups in total. The molecule has 0 saturated carbocycles. The number of amides is 1. The molecule has 6 nitrogen and oxygen atoms in total. The lowest BCUT2D eigenvalue weighted by Crippen LogP contribution is -2.18. The van der Waals surface area contributed by atoms with Crippen LogP contribution < -0.4 is 5.73 Å². The van der Waals surface area contributed by atoms with Crippen LogP contribution in [-0.4, -0.2) is 28.0 Å². The highest BCUT2D eigenvalue weighted by Gasteiger charge is 2.23. The number of carbonyl (C=O) groups is 2. The van der Waals surface area contributed by atoms with Crippen LogP contribution >= 0.6 is 35.0 Å². The van der Waals surface area contributed by atoms with Crippen LogP contribution in [0.2, 0.25) is 10.0 Å². The summed E-state index contributed by atoms with van der Waals surface area (Å²) in [6.07, 6.45) is -0.530. The summed E-state index contributed by atoms with van der Waals surface area (Å²) in [4.78, 5) is 29.7. The van der Waals surface area contributed by atoms with Gasteiger partial charge in [0.25, 0.3) is 0 Å². The number of Topliss-reactive ketones (excluding diaryl/α,β-unsaturated/α-hetero) is 1. The number of primary amides is 1. The Balaban J connectivity index is 2.03. The molecule has 0 aliphatic rings. The predicted octanol–water partition coefficient (Wildman–Crippen LogP) is 5.99. The SMILES string of the molecule is CC(C)c1nc(CCOC(N)=O)n(CC(=O)c2ccccc2)c1Sc1cc(Cl)cc(Cl)c1. The number of hydrogen-bond acceptors (Lipinski definition) is 5. The molecule has 0 radical (unpaired) electrons. The molecule has 0 aliphatic heterocycles. The van der Waals surface area contributed by atoms with E-state index in [1.807, 2.05) is 48.7 Å². The summed E-state index contributed by atoms with van der Waals surface area (Å²) in [7, 11) is 0. The van der Waals surface area contributed by atoms with Crippen molar-refractivity contribution in [1.82, 2.24) is 9.55 Å². The van der Waals surface area contributed by atoms with Crippen LogP contribution in [0.25, 0.3) is 0 Å². The summed E-state index contributed by atoms with van der Waals surface area (Å²) in [6, 6.07) is 14.4. The zero-order chi connectivity index (χ0) is 23.3. The number of carbonyl (C=O) groups excluding carboxylic acids is 2. The number of imidazole rings is 1. The van der Waals surface area contributed by atoms with Gasteiger partial charge in [-0.1, -0.05) is 79.1 Å². The van der Waals surface area contributed by atoms with Crippen molar-refractivity contribution in [3.05, 3.63) is 75.7 Å². The Morgan fingerprint density at radius 3 is 2.38 bits per heavy atom. The Bertz CT molecular complexity index is 1100. The first kappa shape index (κ1) is 24.2. The zero-order valence-electron chi connectivity index (χ0n) is 17.7. The summed E-state index contributed by atoms with van der Waals surface area (Å²) >= 11 is 13.8. The number of hydrogen-bond donors (Lipinski definition) is 1. The quantitative estimate of drug-likeness (QED) is 0.371. The van der Waals surface area contributed by atoms with Crippen LogP contribution in [0.3, 0.4) is 0 Å². The Kier molecular flexibility index (Phi) is 8.23. The first-order valence-corrected chi connectivity index (χ1v) is 11.6. The lowest BCUT2D eigenvalue weighted by molar-refractivity contribution is 0.0966. The molecular weight excluding hydrogens is 469 g/mol. The third-order valence-electron chi connectivity index (χ3n) is 4.59. The highest BCUT2D eigenvalue weighted by Crippen LogP contribution is 2.37. The molecule has 1 heterocycles. The van der Waals surface area contributed by atoms with Crippen molar-refractivity contribution in [2.24, 2.45) is 5.73 Å². The van der Waals surface area contributed by atoms with Gasteiger partial charge in [0.2, 0.25) is 0 Å². The topological polar surface area (TPSA) is 87.2 Å². The van der Waals surface area contributed by atoms with Gasteiger partial charge in [-0.05, 0) is 24.1 Å². The average molecular weight is 492 g/mol. The van der Waals surface area contributed by atoms with Gasteiger partial charge in [-0.15, -0.1) is 0 Å². The van der Waals surface area contributed by atoms with Gasteiger partial charge in [-0.3, -0.25) is 4.79 Å². The summed E-state index contributed by atoms with van der Waals surface area (Å²) in [5.74, 6) is 0.673. The smallest absolute Gasteiger partial charge is 0.404 e. The minimum absolute atomic E-state index is 0.0543. The molecular formula is C23H23Cl2N3O3S. The number of ether oxygens (including phenoxy) is 1. The highest BCUT2D eigenvalue weighted by atomic mass is 35.5. The molecule has 2 aromatic carbocycles. The van der Waals surface area contributed by atoms with Crippen molar-refractivity contribution in [2.45, 2.75) is 42.7 Å². The second-order valence-electron chi connectivity index (χ2n) is 7.37. The Labute approximate surface area is 201 Å². The fourth-order valence-corrected chi connectivity index (χ4v) is 5.06. The Hall–Kier alpha value is -2.48. The number of nitrogens with zero attached hydrogens (tertiary/aromatic N) is 2. The van der Waals surface area contributed by atoms with E-state index in [1.165, 1.54) is 11.8 Å². The lowest BCUT2D eigenvalue weighted by Gasteiger charge is -2.13. The molecule has 3 aromatic rings. The molecule has 1 aromatic heterocycles. The number of aromatic nitrogens is 2. The van der Waals surface area contributed by atoms with Crippen molar-refractivity contribution < 1.29 is 14.3 Å². The summed E-state index contributed by atoms with van der Waals surface area (Å²) < 4.78 is 6.78. The molecule has 168 valence electrons. The number of halogens is 2. The van der Waals surface area contributed by atoms with E-state index >= 15 is 0 Å². The summed E-state index contributed by atoms with van der Waals surface area (Å²) in [5, 5.41) is 1.86. The van der Waals surface area contributed by atoms with E-state index in [2.05, 4.69) is 0 Å². The van der Waals surface area contributed by atoms with Gasteiger partial charge in [-0.25, -0.2) is 9.78 Å². The zero-order valence-corrected chi connectivity index (χ0v) is 20.0. The van der Waals surface area contributed by atoms with Crippen LogP contribution in [0, 0.1) is 0 Å². The number of benzene rings is 2. The molecule has 0 unspecified atom stereocenters. The van der Waals surface area contributed by atoms with Gasteiger partial charge in [-0.2, -0.15) is 0 Å². The van der Waals surface area contributed by atoms with Crippen molar-refractivity contribution in [3.8, 4) is 0 Å². The number of ketones is 1. The Morgan fingerprint density at radius 1 is 1.12 bits per heavy atom. The van der Waals surface area contributed by atoms with Crippen LogP contribution in [0.4, 0.5) is 4.79 Å². The fraction of sp³-hybridized carbons (Fsp3) is 0.261. The van der Waals surface area contributed by atoms with E-state index in [4.69, 9.17) is 38.7 Å². The Morgan fingerprint density at radius 2 is 1.78 bits per heavy atom. The molecule has 0 spiro atoms. The molecule has 0 fully saturated rings. The standard InChI is InChI=1S/C23H23Cl2N3O3S/c1-14(2)21-22(32-18-11-16(24)10-17(25)12-18)28(20(27-21)8-9-31-23(26)30)13-19(29)15-6-4-3-5-7-15/h3-7,10-12,14H,8-9,13H2,1-2H3,(H2,26,30). The van der Waals surface area contributed by atoms with Gasteiger partial charge < -0.3 is 15.0 Å². The van der Waals surface area contributed by atoms with E-state index in [1.54, 1.807) is 18.2 Å². The molecule has 0 saturated heterocycles. The van der Waals surface area contributed by atoms with E-state index in [9.17, 15) is 9.59 Å². The monoisotopic (exact) mass is 491 g/mol. The molecule has 0 bridgehead atoms. The summed E-state index contributed by atoms with van der Waals surface area (Å²) in [6.45, 7) is 4.22. The molecule has 0 aliphatic carbocycles. The van der Waals surface area contributed by atoms with E-state index in [0.29, 0.717) is 27.9 Å². The largest absolute Gasteiger partial charge is 0.449 e. The van der Waals surface area contributed by atoms with Gasteiger partial charge in [0, 0.05) is 26.9 Å². The minimum Gasteiger partial charge on any atom is -0.449 e. The summed E-state index contributed by atoms with van der Waals surface area (Å²) in [5.41, 5.74) is 6.53. The lowest BCUT2D eigenvalue weighted by atomic mass is 10.1. The van der Waals surface area contributed by atoms with Gasteiger partial charge in [0.15, 0.2) is 5.78 Å². The molecule has 9 heteroatoms. The van der Waals surface area contributed by atoms with Crippen molar-refractivity contribution in [2.75, 3.05) is 6.61 Å². The second-order valence-corrected chi connectivity index (χ2v) is 9.31. The molecule has 3 rings (SSSR count). The third kappa shape index (κ3) is 6.28. The normalized spacial score (nSPS) is 11.0. The first-order chi connectivity index (χ1) is 15.2. The van der Waals surface area contributed by atoms with E-state index in [-0.39, 0.29) is 24.9 Å². The van der Waals surface area contributed by atoms with Crippen LogP contribution in [0.5, 0.6) is 0 Å². The first-order valence-electron chi connectivity index (χ1n) is 9.98. The number of nitrogens with two attached hydrogens (primary N) is 1. The predicted molar refractivity (Wildman–Crippen MR) is 127 cm³/mol. The van der Waals surface area contributed by atoms with Crippen LogP contribution in [-0.2, 0) is 17.7 Å². The molecule has 32 heavy (non-hydrogen) atoms. The van der Waals surface area contributed by atoms with Gasteiger partial charge >= 0.3 is 6.09 Å². The van der Waals surface area contributed by atoms with Crippen molar-refractivity contribution in [1.29, 1.82) is 0 Å². The molecule has 0 atom stereocenters.